The van der Waals surface area contributed by atoms with Crippen LogP contribution in [0.4, 0.5) is 0 Å². The van der Waals surface area contributed by atoms with E-state index in [0.29, 0.717) is 5.92 Å². The van der Waals surface area contributed by atoms with E-state index in [1.54, 1.807) is 0 Å². The van der Waals surface area contributed by atoms with Gasteiger partial charge in [-0.1, -0.05) is 96.2 Å². The minimum Gasteiger partial charge on any atom is -0.0683 e. The fourth-order valence-corrected chi connectivity index (χ4v) is 2.13. The van der Waals surface area contributed by atoms with Crippen LogP contribution in [0.1, 0.15) is 41.5 Å². The molecule has 0 saturated heterocycles. The number of hydrogen-bond acceptors (Lipinski definition) is 0. The maximum absolute atomic E-state index is 2.20. The normalized spacial score (nSPS) is 17.1. The fourth-order valence-electron chi connectivity index (χ4n) is 2.13. The van der Waals surface area contributed by atoms with Crippen molar-refractivity contribution in [3.63, 3.8) is 0 Å². The van der Waals surface area contributed by atoms with Crippen molar-refractivity contribution in [3.8, 4) is 0 Å². The van der Waals surface area contributed by atoms with Crippen molar-refractivity contribution in [2.45, 2.75) is 41.5 Å². The molecule has 3 aliphatic carbocycles. The zero-order chi connectivity index (χ0) is 14.7. The van der Waals surface area contributed by atoms with Crippen LogP contribution in [0, 0.1) is 5.92 Å². The standard InChI is InChI=1S/C13H10.3C2H6/c1-4-10-6-2-8-12-9-3-7-11(5-1)13(10)12;3*1-2/h1-9,13H;3*1-2H3. The molecule has 0 aliphatic heterocycles. The summed E-state index contributed by atoms with van der Waals surface area (Å²) in [5, 5.41) is 0. The minimum atomic E-state index is 0.514. The van der Waals surface area contributed by atoms with Crippen molar-refractivity contribution >= 4 is 0 Å². The monoisotopic (exact) mass is 256 g/mol. The van der Waals surface area contributed by atoms with Gasteiger partial charge in [-0.15, -0.1) is 0 Å². The summed E-state index contributed by atoms with van der Waals surface area (Å²) in [4.78, 5) is 0. The summed E-state index contributed by atoms with van der Waals surface area (Å²) in [6, 6.07) is 0. The molecule has 0 aromatic rings. The Morgan fingerprint density at radius 2 is 0.789 bits per heavy atom. The highest BCUT2D eigenvalue weighted by Crippen LogP contribution is 2.37. The molecule has 3 rings (SSSR count). The van der Waals surface area contributed by atoms with Crippen LogP contribution in [0.3, 0.4) is 0 Å². The van der Waals surface area contributed by atoms with Gasteiger partial charge >= 0.3 is 0 Å². The molecular formula is C19H28. The number of allylic oxidation sites excluding steroid dienone is 12. The summed E-state index contributed by atoms with van der Waals surface area (Å²) in [5.41, 5.74) is 4.24. The predicted octanol–water partition coefficient (Wildman–Crippen LogP) is 6.17. The van der Waals surface area contributed by atoms with E-state index in [0.717, 1.165) is 0 Å². The minimum absolute atomic E-state index is 0.514. The highest BCUT2D eigenvalue weighted by molar-refractivity contribution is 5.57. The second-order valence-electron chi connectivity index (χ2n) is 3.51. The molecule has 0 radical (unpaired) electrons. The molecule has 104 valence electrons. The Hall–Kier alpha value is -1.56. The third-order valence-electron chi connectivity index (χ3n) is 2.73. The van der Waals surface area contributed by atoms with Crippen molar-refractivity contribution < 1.29 is 0 Å². The lowest BCUT2D eigenvalue weighted by Crippen LogP contribution is -2.13. The van der Waals surface area contributed by atoms with Crippen LogP contribution in [0.2, 0.25) is 0 Å². The first-order valence-corrected chi connectivity index (χ1v) is 7.60. The van der Waals surface area contributed by atoms with Gasteiger partial charge in [-0.2, -0.15) is 0 Å². The van der Waals surface area contributed by atoms with Gasteiger partial charge < -0.3 is 0 Å². The lowest BCUT2D eigenvalue weighted by Gasteiger charge is -2.27. The Morgan fingerprint density at radius 3 is 1.05 bits per heavy atom. The Labute approximate surface area is 119 Å². The maximum atomic E-state index is 2.20. The average molecular weight is 256 g/mol. The van der Waals surface area contributed by atoms with Crippen molar-refractivity contribution in [3.05, 3.63) is 71.4 Å². The molecule has 0 atom stereocenters. The molecule has 3 aliphatic rings. The van der Waals surface area contributed by atoms with Crippen molar-refractivity contribution in [1.82, 2.24) is 0 Å². The van der Waals surface area contributed by atoms with Gasteiger partial charge in [-0.25, -0.2) is 0 Å². The molecule has 0 aromatic carbocycles. The molecule has 0 bridgehead atoms. The molecule has 0 amide bonds. The van der Waals surface area contributed by atoms with Crippen molar-refractivity contribution in [2.24, 2.45) is 5.92 Å². The Bertz CT molecular complexity index is 356. The van der Waals surface area contributed by atoms with Gasteiger partial charge in [-0.05, 0) is 16.7 Å². The molecular weight excluding hydrogens is 228 g/mol. The Kier molecular flexibility index (Phi) is 9.52. The topological polar surface area (TPSA) is 0 Å². The summed E-state index contributed by atoms with van der Waals surface area (Å²) in [6.45, 7) is 12.0. The van der Waals surface area contributed by atoms with E-state index in [1.165, 1.54) is 16.7 Å². The van der Waals surface area contributed by atoms with E-state index in [2.05, 4.69) is 54.7 Å². The lowest BCUT2D eigenvalue weighted by atomic mass is 9.76. The van der Waals surface area contributed by atoms with E-state index in [4.69, 9.17) is 0 Å². The first kappa shape index (κ1) is 17.4. The molecule has 0 spiro atoms. The van der Waals surface area contributed by atoms with Crippen LogP contribution in [0.25, 0.3) is 0 Å². The van der Waals surface area contributed by atoms with Crippen molar-refractivity contribution in [1.29, 1.82) is 0 Å². The van der Waals surface area contributed by atoms with E-state index in [9.17, 15) is 0 Å². The predicted molar refractivity (Wildman–Crippen MR) is 89.2 cm³/mol. The van der Waals surface area contributed by atoms with E-state index < -0.39 is 0 Å². The van der Waals surface area contributed by atoms with E-state index >= 15 is 0 Å². The smallest absolute Gasteiger partial charge is 0.0339 e. The number of rotatable bonds is 0. The van der Waals surface area contributed by atoms with Crippen LogP contribution < -0.4 is 0 Å². The average Bonchev–Trinajstić information content (AvgIpc) is 2.54. The molecule has 0 N–H and O–H groups in total. The lowest BCUT2D eigenvalue weighted by molar-refractivity contribution is 0.878. The van der Waals surface area contributed by atoms with Crippen molar-refractivity contribution in [2.75, 3.05) is 0 Å². The van der Waals surface area contributed by atoms with Gasteiger partial charge in [0.05, 0.1) is 0 Å². The Balaban J connectivity index is 0.000000482. The second-order valence-corrected chi connectivity index (χ2v) is 3.51. The van der Waals surface area contributed by atoms with Gasteiger partial charge in [0.25, 0.3) is 0 Å². The first-order valence-electron chi connectivity index (χ1n) is 7.60. The molecule has 0 aromatic heterocycles. The van der Waals surface area contributed by atoms with Crippen LogP contribution >= 0.6 is 0 Å². The zero-order valence-electron chi connectivity index (χ0n) is 13.3. The molecule has 0 saturated carbocycles. The van der Waals surface area contributed by atoms with Crippen LogP contribution in [-0.2, 0) is 0 Å². The quantitative estimate of drug-likeness (QED) is 0.486. The second kappa shape index (κ2) is 10.4. The highest BCUT2D eigenvalue weighted by atomic mass is 14.3. The molecule has 0 nitrogen and oxygen atoms in total. The molecule has 0 fully saturated rings. The van der Waals surface area contributed by atoms with Gasteiger partial charge in [0.1, 0.15) is 0 Å². The van der Waals surface area contributed by atoms with Gasteiger partial charge in [0.2, 0.25) is 0 Å². The molecule has 0 heterocycles. The largest absolute Gasteiger partial charge is 0.0683 e. The Morgan fingerprint density at radius 1 is 0.526 bits per heavy atom. The van der Waals surface area contributed by atoms with E-state index in [-0.39, 0.29) is 0 Å². The molecule has 0 heteroatoms. The molecule has 0 unspecified atom stereocenters. The maximum Gasteiger partial charge on any atom is 0.0339 e. The summed E-state index contributed by atoms with van der Waals surface area (Å²) < 4.78 is 0. The number of hydrogen-bond donors (Lipinski definition) is 0. The zero-order valence-corrected chi connectivity index (χ0v) is 13.3. The fraction of sp³-hybridized carbons (Fsp3) is 0.368. The summed E-state index contributed by atoms with van der Waals surface area (Å²) >= 11 is 0. The first-order chi connectivity index (χ1) is 9.45. The summed E-state index contributed by atoms with van der Waals surface area (Å²) in [5.74, 6) is 0.514. The third kappa shape index (κ3) is 4.24. The van der Waals surface area contributed by atoms with Crippen LogP contribution in [0.15, 0.2) is 71.4 Å². The van der Waals surface area contributed by atoms with E-state index in [1.807, 2.05) is 41.5 Å². The summed E-state index contributed by atoms with van der Waals surface area (Å²) in [6.07, 6.45) is 19.6. The van der Waals surface area contributed by atoms with Gasteiger partial charge in [-0.3, -0.25) is 0 Å². The van der Waals surface area contributed by atoms with Gasteiger partial charge in [0.15, 0.2) is 0 Å². The van der Waals surface area contributed by atoms with Crippen LogP contribution in [-0.4, -0.2) is 0 Å². The SMILES string of the molecule is C1=CC2=CC=CC3=CC=CC(=C1)C23.CC.CC.CC. The third-order valence-corrected chi connectivity index (χ3v) is 2.73. The highest BCUT2D eigenvalue weighted by Gasteiger charge is 2.23. The van der Waals surface area contributed by atoms with Crippen LogP contribution in [0.5, 0.6) is 0 Å². The molecule has 19 heavy (non-hydrogen) atoms. The van der Waals surface area contributed by atoms with Gasteiger partial charge in [0, 0.05) is 5.92 Å². The summed E-state index contributed by atoms with van der Waals surface area (Å²) in [7, 11) is 0.